The number of anilines is 2. The van der Waals surface area contributed by atoms with E-state index < -0.39 is 14.9 Å². The van der Waals surface area contributed by atoms with Crippen molar-refractivity contribution < 1.29 is 22.8 Å². The Morgan fingerprint density at radius 1 is 1.03 bits per heavy atom. The zero-order valence-corrected chi connectivity index (χ0v) is 20.5. The molecule has 1 aliphatic carbocycles. The van der Waals surface area contributed by atoms with Crippen LogP contribution in [-0.2, 0) is 10.0 Å². The van der Waals surface area contributed by atoms with Crippen molar-refractivity contribution in [2.75, 3.05) is 24.3 Å². The molecule has 1 aliphatic heterocycles. The maximum absolute atomic E-state index is 13.2. The first-order chi connectivity index (χ1) is 17.3. The van der Waals surface area contributed by atoms with Crippen LogP contribution in [-0.4, -0.2) is 27.6 Å². The van der Waals surface area contributed by atoms with Gasteiger partial charge in [-0.05, 0) is 48.2 Å². The Morgan fingerprint density at radius 3 is 2.58 bits per heavy atom. The van der Waals surface area contributed by atoms with Crippen LogP contribution in [0.1, 0.15) is 29.5 Å². The molecule has 0 amide bonds. The van der Waals surface area contributed by atoms with Gasteiger partial charge in [-0.25, -0.2) is 8.42 Å². The summed E-state index contributed by atoms with van der Waals surface area (Å²) < 4.78 is 39.9. The van der Waals surface area contributed by atoms with E-state index in [1.54, 1.807) is 26.4 Å². The molecule has 0 spiro atoms. The van der Waals surface area contributed by atoms with Gasteiger partial charge in [0.1, 0.15) is 0 Å². The molecule has 0 aromatic heterocycles. The molecular weight excluding hydrogens is 482 g/mol. The number of allylic oxidation sites excluding steroid dienone is 2. The van der Waals surface area contributed by atoms with Crippen LogP contribution in [0, 0.1) is 16.0 Å². The minimum atomic E-state index is -3.96. The molecule has 0 fully saturated rings. The van der Waals surface area contributed by atoms with Gasteiger partial charge in [0.05, 0.1) is 35.8 Å². The summed E-state index contributed by atoms with van der Waals surface area (Å²) in [5.41, 5.74) is 2.64. The molecule has 10 heteroatoms. The lowest BCUT2D eigenvalue weighted by atomic mass is 9.77. The number of hydrogen-bond donors (Lipinski definition) is 2. The number of para-hydroxylation sites is 1. The quantitative estimate of drug-likeness (QED) is 0.255. The van der Waals surface area contributed by atoms with Gasteiger partial charge in [-0.1, -0.05) is 30.4 Å². The number of nitro groups is 1. The second-order valence-electron chi connectivity index (χ2n) is 8.72. The zero-order chi connectivity index (χ0) is 25.4. The van der Waals surface area contributed by atoms with Crippen molar-refractivity contribution in [3.8, 4) is 11.5 Å². The maximum atomic E-state index is 13.2. The van der Waals surface area contributed by atoms with Gasteiger partial charge in [0, 0.05) is 29.3 Å². The van der Waals surface area contributed by atoms with E-state index in [1.165, 1.54) is 30.3 Å². The van der Waals surface area contributed by atoms with E-state index in [9.17, 15) is 18.5 Å². The SMILES string of the molecule is COc1cccc([C@H]2Nc3ccc(S(=O)(=O)Nc4cccc([N+](=O)[O-])c4)cc3[C@H]3C=CC[C@H]32)c1OC. The number of nitro benzene ring substituents is 1. The fourth-order valence-corrected chi connectivity index (χ4v) is 6.19. The van der Waals surface area contributed by atoms with Crippen molar-refractivity contribution in [2.24, 2.45) is 5.92 Å². The first-order valence-corrected chi connectivity index (χ1v) is 12.9. The number of ether oxygens (including phenoxy) is 2. The predicted molar refractivity (Wildman–Crippen MR) is 136 cm³/mol. The Morgan fingerprint density at radius 2 is 1.83 bits per heavy atom. The molecule has 0 unspecified atom stereocenters. The molecule has 1 heterocycles. The standard InChI is InChI=1S/C26H25N3O6S/c1-34-24-11-5-10-21(26(24)35-2)25-20-9-4-8-19(20)22-15-18(12-13-23(22)27-25)36(32,33)28-16-6-3-7-17(14-16)29(30)31/h3-8,10-15,19-20,25,27-28H,9H2,1-2H3/t19-,20+,25-/m0/s1. The van der Waals surface area contributed by atoms with Crippen molar-refractivity contribution in [1.29, 1.82) is 0 Å². The summed E-state index contributed by atoms with van der Waals surface area (Å²) in [5.74, 6) is 1.49. The van der Waals surface area contributed by atoms with E-state index in [4.69, 9.17) is 9.47 Å². The Bertz CT molecular complexity index is 1470. The average Bonchev–Trinajstić information content (AvgIpc) is 3.37. The van der Waals surface area contributed by atoms with Crippen molar-refractivity contribution in [2.45, 2.75) is 23.3 Å². The third-order valence-electron chi connectivity index (χ3n) is 6.72. The summed E-state index contributed by atoms with van der Waals surface area (Å²) in [7, 11) is -0.739. The normalized spacial score (nSPS) is 20.1. The van der Waals surface area contributed by atoms with Gasteiger partial charge >= 0.3 is 0 Å². The van der Waals surface area contributed by atoms with Crippen LogP contribution in [0.3, 0.4) is 0 Å². The minimum Gasteiger partial charge on any atom is -0.493 e. The molecule has 9 nitrogen and oxygen atoms in total. The number of nitrogens with zero attached hydrogens (tertiary/aromatic N) is 1. The van der Waals surface area contributed by atoms with Gasteiger partial charge in [0.2, 0.25) is 0 Å². The van der Waals surface area contributed by atoms with Crippen molar-refractivity contribution in [1.82, 2.24) is 0 Å². The monoisotopic (exact) mass is 507 g/mol. The fraction of sp³-hybridized carbons (Fsp3) is 0.231. The topological polar surface area (TPSA) is 120 Å². The van der Waals surface area contributed by atoms with Crippen LogP contribution in [0.5, 0.6) is 11.5 Å². The summed E-state index contributed by atoms with van der Waals surface area (Å²) in [4.78, 5) is 10.6. The van der Waals surface area contributed by atoms with Crippen molar-refractivity contribution in [3.05, 3.63) is 94.1 Å². The van der Waals surface area contributed by atoms with E-state index in [-0.39, 0.29) is 34.1 Å². The highest BCUT2D eigenvalue weighted by Crippen LogP contribution is 2.52. The Labute approximate surface area is 209 Å². The summed E-state index contributed by atoms with van der Waals surface area (Å²) in [6.07, 6.45) is 5.06. The highest BCUT2D eigenvalue weighted by molar-refractivity contribution is 7.92. The van der Waals surface area contributed by atoms with Crippen LogP contribution in [0.15, 0.2) is 77.7 Å². The predicted octanol–water partition coefficient (Wildman–Crippen LogP) is 5.24. The van der Waals surface area contributed by atoms with E-state index in [0.29, 0.717) is 11.5 Å². The number of sulfonamides is 1. The average molecular weight is 508 g/mol. The van der Waals surface area contributed by atoms with Crippen LogP contribution in [0.25, 0.3) is 0 Å². The first kappa shape index (κ1) is 23.7. The molecule has 2 N–H and O–H groups in total. The van der Waals surface area contributed by atoms with Crippen LogP contribution < -0.4 is 19.5 Å². The summed E-state index contributed by atoms with van der Waals surface area (Å²) in [6, 6.07) is 16.1. The van der Waals surface area contributed by atoms with E-state index in [0.717, 1.165) is 23.2 Å². The van der Waals surface area contributed by atoms with Crippen molar-refractivity contribution >= 4 is 27.1 Å². The Balaban J connectivity index is 1.49. The molecule has 0 bridgehead atoms. The number of benzene rings is 3. The molecule has 36 heavy (non-hydrogen) atoms. The van der Waals surface area contributed by atoms with E-state index in [1.807, 2.05) is 18.2 Å². The molecule has 0 radical (unpaired) electrons. The Kier molecular flexibility index (Phi) is 6.05. The van der Waals surface area contributed by atoms with Crippen LogP contribution >= 0.6 is 0 Å². The van der Waals surface area contributed by atoms with Gasteiger partial charge < -0.3 is 14.8 Å². The molecule has 3 aromatic carbocycles. The zero-order valence-electron chi connectivity index (χ0n) is 19.7. The third-order valence-corrected chi connectivity index (χ3v) is 8.10. The number of nitrogens with one attached hydrogen (secondary N) is 2. The molecule has 5 rings (SSSR count). The number of hydrogen-bond acceptors (Lipinski definition) is 7. The van der Waals surface area contributed by atoms with Gasteiger partial charge in [-0.2, -0.15) is 0 Å². The lowest BCUT2D eigenvalue weighted by Crippen LogP contribution is -2.29. The summed E-state index contributed by atoms with van der Waals surface area (Å²) in [5, 5.41) is 14.7. The summed E-state index contributed by atoms with van der Waals surface area (Å²) >= 11 is 0. The van der Waals surface area contributed by atoms with E-state index in [2.05, 4.69) is 22.2 Å². The number of non-ortho nitro benzene ring substituents is 1. The molecular formula is C26H25N3O6S. The molecule has 3 aromatic rings. The highest BCUT2D eigenvalue weighted by Gasteiger charge is 2.40. The van der Waals surface area contributed by atoms with Crippen LogP contribution in [0.4, 0.5) is 17.1 Å². The molecule has 186 valence electrons. The molecule has 0 saturated heterocycles. The number of fused-ring (bicyclic) bond motifs is 3. The number of rotatable bonds is 7. The van der Waals surface area contributed by atoms with Gasteiger partial charge in [0.25, 0.3) is 15.7 Å². The lowest BCUT2D eigenvalue weighted by Gasteiger charge is -2.38. The largest absolute Gasteiger partial charge is 0.493 e. The maximum Gasteiger partial charge on any atom is 0.271 e. The number of methoxy groups -OCH3 is 2. The fourth-order valence-electron chi connectivity index (χ4n) is 5.10. The highest BCUT2D eigenvalue weighted by atomic mass is 32.2. The third kappa shape index (κ3) is 4.13. The smallest absolute Gasteiger partial charge is 0.271 e. The molecule has 2 aliphatic rings. The van der Waals surface area contributed by atoms with E-state index >= 15 is 0 Å². The Hall–Kier alpha value is -4.05. The van der Waals surface area contributed by atoms with Gasteiger partial charge in [-0.3, -0.25) is 14.8 Å². The molecule has 3 atom stereocenters. The van der Waals surface area contributed by atoms with Crippen molar-refractivity contribution in [3.63, 3.8) is 0 Å². The minimum absolute atomic E-state index is 0.00937. The summed E-state index contributed by atoms with van der Waals surface area (Å²) in [6.45, 7) is 0. The second kappa shape index (κ2) is 9.19. The van der Waals surface area contributed by atoms with Gasteiger partial charge in [0.15, 0.2) is 11.5 Å². The second-order valence-corrected chi connectivity index (χ2v) is 10.4. The first-order valence-electron chi connectivity index (χ1n) is 11.4. The van der Waals surface area contributed by atoms with Gasteiger partial charge in [-0.15, -0.1) is 0 Å². The van der Waals surface area contributed by atoms with Crippen LogP contribution in [0.2, 0.25) is 0 Å². The molecule has 0 saturated carbocycles. The lowest BCUT2D eigenvalue weighted by molar-refractivity contribution is -0.384.